The molecule has 5 rings (SSSR count). The molecule has 0 aliphatic carbocycles. The van der Waals surface area contributed by atoms with Crippen molar-refractivity contribution in [2.24, 2.45) is 0 Å². The van der Waals surface area contributed by atoms with Crippen molar-refractivity contribution in [3.05, 3.63) is 65.0 Å². The van der Waals surface area contributed by atoms with Gasteiger partial charge < -0.3 is 14.5 Å². The van der Waals surface area contributed by atoms with Gasteiger partial charge in [0, 0.05) is 44.0 Å². The molecule has 41 heavy (non-hydrogen) atoms. The van der Waals surface area contributed by atoms with Crippen LogP contribution in [0.4, 0.5) is 38.3 Å². The van der Waals surface area contributed by atoms with Crippen molar-refractivity contribution in [3.63, 3.8) is 0 Å². The SMILES string of the molecule is COc1nccc(C)c1N1CCC(N2Cc3cn(CC(C)(F)F)nc3N(Cc3ccccc3C(F)(F)F)C2=O)CC1. The van der Waals surface area contributed by atoms with E-state index in [4.69, 9.17) is 4.74 Å². The number of hydrogen-bond acceptors (Lipinski definition) is 5. The number of amides is 2. The second-order valence-corrected chi connectivity index (χ2v) is 10.6. The van der Waals surface area contributed by atoms with E-state index in [1.165, 1.54) is 29.3 Å². The van der Waals surface area contributed by atoms with Gasteiger partial charge in [-0.05, 0) is 43.0 Å². The Labute approximate surface area is 234 Å². The highest BCUT2D eigenvalue weighted by atomic mass is 19.4. The van der Waals surface area contributed by atoms with Crippen molar-refractivity contribution in [1.29, 1.82) is 0 Å². The van der Waals surface area contributed by atoms with Crippen LogP contribution in [0.25, 0.3) is 0 Å². The average molecular weight is 579 g/mol. The number of urea groups is 1. The Kier molecular flexibility index (Phi) is 7.56. The number of alkyl halides is 5. The van der Waals surface area contributed by atoms with Crippen LogP contribution < -0.4 is 14.5 Å². The lowest BCUT2D eigenvalue weighted by molar-refractivity contribution is -0.138. The lowest BCUT2D eigenvalue weighted by Crippen LogP contribution is -2.54. The summed E-state index contributed by atoms with van der Waals surface area (Å²) in [5, 5.41) is 4.22. The Morgan fingerprint density at radius 3 is 2.44 bits per heavy atom. The van der Waals surface area contributed by atoms with E-state index in [0.717, 1.165) is 28.9 Å². The molecular formula is C28H31F5N6O2. The molecule has 8 nitrogen and oxygen atoms in total. The third-order valence-electron chi connectivity index (χ3n) is 7.49. The topological polar surface area (TPSA) is 66.7 Å². The van der Waals surface area contributed by atoms with Gasteiger partial charge in [0.05, 0.1) is 25.8 Å². The number of anilines is 2. The number of fused-ring (bicyclic) bond motifs is 1. The largest absolute Gasteiger partial charge is 0.480 e. The summed E-state index contributed by atoms with van der Waals surface area (Å²) < 4.78 is 75.5. The molecule has 1 saturated heterocycles. The molecule has 1 aromatic carbocycles. The van der Waals surface area contributed by atoms with Gasteiger partial charge in [-0.2, -0.15) is 18.3 Å². The first-order chi connectivity index (χ1) is 19.4. The number of ether oxygens (including phenoxy) is 1. The number of carbonyl (C=O) groups is 1. The number of halogens is 5. The molecule has 0 unspecified atom stereocenters. The highest BCUT2D eigenvalue weighted by Gasteiger charge is 2.40. The second kappa shape index (κ2) is 10.8. The number of pyridine rings is 1. The van der Waals surface area contributed by atoms with Crippen LogP contribution in [0.5, 0.6) is 5.88 Å². The molecule has 0 bridgehead atoms. The van der Waals surface area contributed by atoms with Crippen LogP contribution in [0.3, 0.4) is 0 Å². The van der Waals surface area contributed by atoms with E-state index in [2.05, 4.69) is 15.0 Å². The maximum atomic E-state index is 13.9. The van der Waals surface area contributed by atoms with Crippen LogP contribution >= 0.6 is 0 Å². The van der Waals surface area contributed by atoms with Gasteiger partial charge in [0.2, 0.25) is 5.88 Å². The van der Waals surface area contributed by atoms with Crippen molar-refractivity contribution < 1.29 is 31.5 Å². The van der Waals surface area contributed by atoms with E-state index in [1.54, 1.807) is 18.2 Å². The Hall–Kier alpha value is -3.90. The van der Waals surface area contributed by atoms with E-state index in [0.29, 0.717) is 37.4 Å². The number of benzene rings is 1. The van der Waals surface area contributed by atoms with E-state index in [-0.39, 0.29) is 24.0 Å². The highest BCUT2D eigenvalue weighted by Crippen LogP contribution is 2.38. The first-order valence-electron chi connectivity index (χ1n) is 13.3. The van der Waals surface area contributed by atoms with Gasteiger partial charge in [-0.3, -0.25) is 9.58 Å². The van der Waals surface area contributed by atoms with Gasteiger partial charge in [0.25, 0.3) is 5.92 Å². The predicted molar refractivity (Wildman–Crippen MR) is 142 cm³/mol. The normalized spacial score (nSPS) is 16.8. The monoisotopic (exact) mass is 578 g/mol. The van der Waals surface area contributed by atoms with E-state index in [1.807, 2.05) is 13.0 Å². The van der Waals surface area contributed by atoms with Crippen LogP contribution in [0.15, 0.2) is 42.7 Å². The Balaban J connectivity index is 1.43. The lowest BCUT2D eigenvalue weighted by atomic mass is 10.00. The fraction of sp³-hybridized carbons (Fsp3) is 0.464. The summed E-state index contributed by atoms with van der Waals surface area (Å²) in [6.07, 6.45) is -0.318. The summed E-state index contributed by atoms with van der Waals surface area (Å²) in [6.45, 7) is 2.94. The Morgan fingerprint density at radius 2 is 1.78 bits per heavy atom. The number of carbonyl (C=O) groups excluding carboxylic acids is 1. The van der Waals surface area contributed by atoms with E-state index < -0.39 is 36.8 Å². The fourth-order valence-corrected chi connectivity index (χ4v) is 5.65. The smallest absolute Gasteiger partial charge is 0.416 e. The zero-order chi connectivity index (χ0) is 29.5. The van der Waals surface area contributed by atoms with Crippen molar-refractivity contribution in [2.45, 2.75) is 64.5 Å². The summed E-state index contributed by atoms with van der Waals surface area (Å²) in [7, 11) is 1.56. The molecule has 0 spiro atoms. The zero-order valence-corrected chi connectivity index (χ0v) is 23.0. The zero-order valence-electron chi connectivity index (χ0n) is 23.0. The van der Waals surface area contributed by atoms with Crippen LogP contribution in [0.1, 0.15) is 42.0 Å². The number of nitrogens with zero attached hydrogens (tertiary/aromatic N) is 6. The number of rotatable bonds is 7. The Bertz CT molecular complexity index is 1410. The number of methoxy groups -OCH3 is 1. The van der Waals surface area contributed by atoms with E-state index >= 15 is 0 Å². The summed E-state index contributed by atoms with van der Waals surface area (Å²) >= 11 is 0. The molecule has 2 aliphatic heterocycles. The summed E-state index contributed by atoms with van der Waals surface area (Å²) in [5.74, 6) is -2.46. The molecule has 2 aromatic heterocycles. The number of hydrogen-bond donors (Lipinski definition) is 0. The summed E-state index contributed by atoms with van der Waals surface area (Å²) in [4.78, 5) is 23.1. The molecule has 3 aromatic rings. The molecule has 0 N–H and O–H groups in total. The third-order valence-corrected chi connectivity index (χ3v) is 7.49. The van der Waals surface area contributed by atoms with Gasteiger partial charge in [-0.15, -0.1) is 0 Å². The number of aromatic nitrogens is 3. The number of piperidine rings is 1. The minimum absolute atomic E-state index is 0.0978. The van der Waals surface area contributed by atoms with Crippen LogP contribution in [0, 0.1) is 6.92 Å². The van der Waals surface area contributed by atoms with Crippen LogP contribution in [0.2, 0.25) is 0 Å². The number of aryl methyl sites for hydroxylation is 1. The average Bonchev–Trinajstić information content (AvgIpc) is 3.30. The molecule has 0 saturated carbocycles. The molecule has 220 valence electrons. The standard InChI is InChI=1S/C28H31F5N6O2/c1-18-8-11-34-25(41-3)23(18)36-12-9-21(10-13-36)38-16-20-14-37(17-27(2,29)30)35-24(20)39(26(38)40)15-19-6-4-5-7-22(19)28(31,32)33/h4-8,11,14,21H,9-10,12-13,15-17H2,1-3H3. The molecular weight excluding hydrogens is 547 g/mol. The first kappa shape index (κ1) is 28.6. The third kappa shape index (κ3) is 5.94. The Morgan fingerprint density at radius 1 is 1.07 bits per heavy atom. The molecule has 1 fully saturated rings. The van der Waals surface area contributed by atoms with Crippen LogP contribution in [-0.2, 0) is 25.8 Å². The minimum Gasteiger partial charge on any atom is -0.480 e. The van der Waals surface area contributed by atoms with Crippen molar-refractivity contribution in [3.8, 4) is 5.88 Å². The molecule has 0 radical (unpaired) electrons. The molecule has 13 heteroatoms. The van der Waals surface area contributed by atoms with Gasteiger partial charge in [-0.25, -0.2) is 18.6 Å². The maximum Gasteiger partial charge on any atom is 0.416 e. The van der Waals surface area contributed by atoms with Gasteiger partial charge in [-0.1, -0.05) is 18.2 Å². The van der Waals surface area contributed by atoms with Crippen LogP contribution in [-0.4, -0.2) is 57.9 Å². The molecule has 2 aliphatic rings. The van der Waals surface area contributed by atoms with Gasteiger partial charge in [0.15, 0.2) is 5.82 Å². The summed E-state index contributed by atoms with van der Waals surface area (Å²) in [6, 6.07) is 6.21. The van der Waals surface area contributed by atoms with Crippen molar-refractivity contribution in [1.82, 2.24) is 19.7 Å². The highest BCUT2D eigenvalue weighted by molar-refractivity contribution is 5.94. The minimum atomic E-state index is -4.63. The van der Waals surface area contributed by atoms with Crippen molar-refractivity contribution in [2.75, 3.05) is 30.0 Å². The second-order valence-electron chi connectivity index (χ2n) is 10.6. The molecule has 4 heterocycles. The molecule has 0 atom stereocenters. The molecule has 2 amide bonds. The van der Waals surface area contributed by atoms with Crippen molar-refractivity contribution >= 4 is 17.5 Å². The maximum absolute atomic E-state index is 13.9. The lowest BCUT2D eigenvalue weighted by Gasteiger charge is -2.43. The van der Waals surface area contributed by atoms with Gasteiger partial charge in [0.1, 0.15) is 12.2 Å². The first-order valence-corrected chi connectivity index (χ1v) is 13.3. The van der Waals surface area contributed by atoms with Gasteiger partial charge >= 0.3 is 12.2 Å². The van der Waals surface area contributed by atoms with E-state index in [9.17, 15) is 26.7 Å². The summed E-state index contributed by atoms with van der Waals surface area (Å²) in [5.41, 5.74) is 1.42. The quantitative estimate of drug-likeness (QED) is 0.328. The predicted octanol–water partition coefficient (Wildman–Crippen LogP) is 5.88. The fourth-order valence-electron chi connectivity index (χ4n) is 5.65.